The van der Waals surface area contributed by atoms with E-state index in [1.54, 1.807) is 227 Å². The lowest BCUT2D eigenvalue weighted by atomic mass is 10.2. The lowest BCUT2D eigenvalue weighted by Crippen LogP contribution is -2.26. The summed E-state index contributed by atoms with van der Waals surface area (Å²) in [5.74, 6) is -0.945. The summed E-state index contributed by atoms with van der Waals surface area (Å²) in [5, 5.41) is 6.28. The molecule has 12 aromatic rings. The molecule has 0 aromatic heterocycles. The molecule has 0 spiro atoms. The molecule has 0 fully saturated rings. The molecule has 12 aromatic carbocycles. The first-order valence-corrected chi connectivity index (χ1v) is 39.7. The Morgan fingerprint density at radius 2 is 0.467 bits per heavy atom. The van der Waals surface area contributed by atoms with Gasteiger partial charge in [-0.25, -0.2) is 0 Å². The van der Waals surface area contributed by atoms with Crippen molar-refractivity contribution >= 4 is 92.2 Å². The zero-order valence-corrected chi connectivity index (χ0v) is 60.5. The highest BCUT2D eigenvalue weighted by Gasteiger charge is 2.50. The van der Waals surface area contributed by atoms with Crippen molar-refractivity contribution in [2.75, 3.05) is 13.7 Å². The topological polar surface area (TPSA) is 161 Å². The molecule has 0 amide bonds. The molecule has 546 valence electrons. The number of hydrogen-bond donors (Lipinski definition) is 0. The fraction of sp³-hybridized carbons (Fsp3) is 0.111. The molecular formula is C81H62F8O14P4. The standard InChI is InChI=1S/C21H17F2O4P.C20H15F2O4P.2C20H15F2O3P/c1-2-25-18-13-17(14-19-20(18)27-21(22,23)26-19)28(24,15-9-5-3-6-10-15)16-11-7-4-8-12-16;1-24-17-12-16(13-18-19(17)26-20(21,22)25-18)27(23,14-8-4-2-5-9-14)15-10-6-3-7-11-15;2*1-14-12-17(13-18-19(14)25-20(21,22)24-18)26(23,15-8-4-2-5-9-15)16-10-6-3-7-11-16/h3-14H,2H2,1H3;2-13H,1H3;2*2-13H,1H3. The fourth-order valence-electron chi connectivity index (χ4n) is 12.4. The van der Waals surface area contributed by atoms with Crippen molar-refractivity contribution in [3.63, 3.8) is 0 Å². The Balaban J connectivity index is 0.000000126. The van der Waals surface area contributed by atoms with Crippen LogP contribution >= 0.6 is 28.6 Å². The minimum Gasteiger partial charge on any atom is -0.493 e. The maximum atomic E-state index is 14.4. The van der Waals surface area contributed by atoms with Crippen molar-refractivity contribution in [1.82, 2.24) is 0 Å². The Labute approximate surface area is 609 Å². The Hall–Kier alpha value is -11.0. The predicted molar refractivity (Wildman–Crippen MR) is 395 cm³/mol. The van der Waals surface area contributed by atoms with Crippen LogP contribution in [0.3, 0.4) is 0 Å². The van der Waals surface area contributed by atoms with Gasteiger partial charge >= 0.3 is 25.2 Å². The van der Waals surface area contributed by atoms with Gasteiger partial charge in [0.15, 0.2) is 74.6 Å². The molecule has 0 radical (unpaired) electrons. The van der Waals surface area contributed by atoms with Crippen LogP contribution in [0.1, 0.15) is 18.1 Å². The smallest absolute Gasteiger partial charge is 0.493 e. The second kappa shape index (κ2) is 29.7. The van der Waals surface area contributed by atoms with Crippen LogP contribution in [0.2, 0.25) is 0 Å². The third-order valence-electron chi connectivity index (χ3n) is 17.2. The Bertz CT molecular complexity index is 5070. The van der Waals surface area contributed by atoms with E-state index in [0.29, 0.717) is 74.8 Å². The summed E-state index contributed by atoms with van der Waals surface area (Å²) in [6, 6.07) is 83.3. The molecule has 0 aliphatic carbocycles. The summed E-state index contributed by atoms with van der Waals surface area (Å²) in [5.41, 5.74) is 0.892. The highest BCUT2D eigenvalue weighted by Crippen LogP contribution is 2.55. The maximum Gasteiger partial charge on any atom is 0.586 e. The zero-order valence-electron chi connectivity index (χ0n) is 56.9. The second-order valence-electron chi connectivity index (χ2n) is 24.2. The van der Waals surface area contributed by atoms with Gasteiger partial charge in [-0.1, -0.05) is 243 Å². The zero-order chi connectivity index (χ0) is 75.6. The van der Waals surface area contributed by atoms with E-state index in [0.717, 1.165) is 0 Å². The number of hydrogen-bond acceptors (Lipinski definition) is 14. The van der Waals surface area contributed by atoms with E-state index in [1.807, 2.05) is 48.5 Å². The van der Waals surface area contributed by atoms with E-state index >= 15 is 0 Å². The number of benzene rings is 12. The van der Waals surface area contributed by atoms with Gasteiger partial charge in [0.05, 0.1) is 13.7 Å². The average molecular weight is 1540 g/mol. The van der Waals surface area contributed by atoms with E-state index < -0.39 is 53.7 Å². The van der Waals surface area contributed by atoms with Crippen LogP contribution in [-0.4, -0.2) is 38.9 Å². The first-order chi connectivity index (χ1) is 51.2. The summed E-state index contributed by atoms with van der Waals surface area (Å²) in [6.07, 6.45) is -15.0. The van der Waals surface area contributed by atoms with Crippen molar-refractivity contribution in [1.29, 1.82) is 0 Å². The molecular weight excluding hydrogens is 1470 g/mol. The van der Waals surface area contributed by atoms with Gasteiger partial charge in [0, 0.05) is 63.7 Å². The molecule has 4 aliphatic rings. The molecule has 0 N–H and O–H groups in total. The average Bonchev–Trinajstić information content (AvgIpc) is 1.75. The minimum absolute atomic E-state index is 0.0218. The number of alkyl halides is 8. The summed E-state index contributed by atoms with van der Waals surface area (Å²) < 4.78 is 213. The van der Waals surface area contributed by atoms with Gasteiger partial charge < -0.3 is 65.6 Å². The van der Waals surface area contributed by atoms with Crippen LogP contribution in [0.15, 0.2) is 291 Å². The second-order valence-corrected chi connectivity index (χ2v) is 35.2. The van der Waals surface area contributed by atoms with Crippen molar-refractivity contribution in [3.8, 4) is 57.5 Å². The summed E-state index contributed by atoms with van der Waals surface area (Å²) in [4.78, 5) is 0. The van der Waals surface area contributed by atoms with E-state index in [4.69, 9.17) is 9.47 Å². The molecule has 107 heavy (non-hydrogen) atoms. The van der Waals surface area contributed by atoms with Gasteiger partial charge in [0.2, 0.25) is 11.5 Å². The molecule has 0 atom stereocenters. The third kappa shape index (κ3) is 15.0. The van der Waals surface area contributed by atoms with Crippen LogP contribution in [0, 0.1) is 13.8 Å². The Kier molecular flexibility index (Phi) is 20.6. The molecule has 4 aliphatic heterocycles. The number of rotatable bonds is 15. The number of ether oxygens (including phenoxy) is 10. The Morgan fingerprint density at radius 1 is 0.271 bits per heavy atom. The van der Waals surface area contributed by atoms with Crippen molar-refractivity contribution in [2.45, 2.75) is 45.9 Å². The van der Waals surface area contributed by atoms with Gasteiger partial charge in [-0.05, 0) is 80.4 Å². The number of aryl methyl sites for hydroxylation is 2. The lowest BCUT2D eigenvalue weighted by Gasteiger charge is -2.21. The number of methoxy groups -OCH3 is 1. The largest absolute Gasteiger partial charge is 0.586 e. The highest BCUT2D eigenvalue weighted by atomic mass is 31.2. The number of fused-ring (bicyclic) bond motifs is 4. The summed E-state index contributed by atoms with van der Waals surface area (Å²) in [7, 11) is -11.9. The van der Waals surface area contributed by atoms with E-state index in [2.05, 4.69) is 37.9 Å². The highest BCUT2D eigenvalue weighted by molar-refractivity contribution is 7.86. The van der Waals surface area contributed by atoms with Crippen LogP contribution in [0.5, 0.6) is 57.5 Å². The molecule has 4 heterocycles. The van der Waals surface area contributed by atoms with Crippen molar-refractivity contribution in [2.24, 2.45) is 0 Å². The van der Waals surface area contributed by atoms with Crippen molar-refractivity contribution < 1.29 is 101 Å². The molecule has 0 unspecified atom stereocenters. The van der Waals surface area contributed by atoms with Crippen LogP contribution < -0.4 is 111 Å². The van der Waals surface area contributed by atoms with Crippen LogP contribution in [-0.2, 0) is 18.3 Å². The third-order valence-corrected chi connectivity index (χ3v) is 29.3. The summed E-state index contributed by atoms with van der Waals surface area (Å²) in [6.45, 7) is 5.22. The summed E-state index contributed by atoms with van der Waals surface area (Å²) >= 11 is 0. The van der Waals surface area contributed by atoms with Crippen molar-refractivity contribution in [3.05, 3.63) is 302 Å². The monoisotopic (exact) mass is 1530 g/mol. The molecule has 0 saturated carbocycles. The normalized spacial score (nSPS) is 14.9. The van der Waals surface area contributed by atoms with Gasteiger partial charge in [0.25, 0.3) is 0 Å². The molecule has 0 saturated heterocycles. The molecule has 0 bridgehead atoms. The fourth-order valence-corrected chi connectivity index (χ4v) is 23.3. The maximum absolute atomic E-state index is 14.4. The van der Waals surface area contributed by atoms with Gasteiger partial charge in [0.1, 0.15) is 0 Å². The van der Waals surface area contributed by atoms with E-state index in [-0.39, 0.29) is 64.1 Å². The lowest BCUT2D eigenvalue weighted by molar-refractivity contribution is -0.287. The van der Waals surface area contributed by atoms with Crippen LogP contribution in [0.4, 0.5) is 35.1 Å². The van der Waals surface area contributed by atoms with E-state index in [1.165, 1.54) is 43.5 Å². The quantitative estimate of drug-likeness (QED) is 0.0704. The van der Waals surface area contributed by atoms with Crippen LogP contribution in [0.25, 0.3) is 0 Å². The Morgan fingerprint density at radius 3 is 0.692 bits per heavy atom. The molecule has 16 rings (SSSR count). The SMILES string of the molecule is CCOc1cc(P(=O)(c2ccccc2)c2ccccc2)cc2c1OC(F)(F)O2.COc1cc(P(=O)(c2ccccc2)c2ccccc2)cc2c1OC(F)(F)O2.Cc1cc(P(=O)(c2ccccc2)c2ccccc2)cc2c1OC(F)(F)O2.Cc1cc(P(=O)(c2ccccc2)c2ccccc2)cc2c1OC(F)(F)O2. The van der Waals surface area contributed by atoms with Gasteiger partial charge in [-0.2, -0.15) is 0 Å². The first kappa shape index (κ1) is 74.3. The van der Waals surface area contributed by atoms with E-state index in [9.17, 15) is 53.4 Å². The van der Waals surface area contributed by atoms with Gasteiger partial charge in [-0.15, -0.1) is 35.1 Å². The number of halogens is 8. The first-order valence-electron chi connectivity index (χ1n) is 32.9. The predicted octanol–water partition coefficient (Wildman–Crippen LogP) is 15.6. The molecule has 26 heteroatoms. The minimum atomic E-state index is -3.80. The molecule has 14 nitrogen and oxygen atoms in total. The van der Waals surface area contributed by atoms with Gasteiger partial charge in [-0.3, -0.25) is 0 Å².